The largest absolute Gasteiger partial charge is 0.460 e. The number of nitrogens with two attached hydrogens (primary N) is 2. The molecule has 2 bridgehead atoms. The maximum absolute atomic E-state index is 14.8. The smallest absolute Gasteiger partial charge is 0.329 e. The van der Waals surface area contributed by atoms with Crippen LogP contribution in [0.4, 0.5) is 23.7 Å². The molecule has 10 heterocycles. The van der Waals surface area contributed by atoms with Gasteiger partial charge in [-0.05, 0) is 138 Å². The lowest BCUT2D eigenvalue weighted by Gasteiger charge is -2.43. The third-order valence-electron chi connectivity index (χ3n) is 25.8. The number of aliphatic hydroxyl groups is 4. The van der Waals surface area contributed by atoms with E-state index in [-0.39, 0.29) is 125 Å². The molecule has 1 aliphatic carbocycles. The number of anilines is 4. The number of hydrogen-bond acceptors (Lipinski definition) is 32. The average Bonchev–Trinajstić information content (AvgIpc) is 1.75. The number of carbonyl (C=O) groups excluding carboxylic acids is 6. The number of oxime groups is 1. The Hall–Kier alpha value is -10.4. The number of aliphatic hydroxyl groups excluding tert-OH is 3. The normalized spacial score (nSPS) is 28.3. The van der Waals surface area contributed by atoms with Gasteiger partial charge in [-0.15, -0.1) is 0 Å². The van der Waals surface area contributed by atoms with Gasteiger partial charge in [0.05, 0.1) is 79.3 Å². The average molecular weight is 1790 g/mol. The fourth-order valence-electron chi connectivity index (χ4n) is 18.1. The number of carbonyl (C=O) groups is 6. The van der Waals surface area contributed by atoms with E-state index in [1.807, 2.05) is 68.2 Å². The first-order valence-corrected chi connectivity index (χ1v) is 45.4. The molecule has 6 aliphatic rings. The van der Waals surface area contributed by atoms with Gasteiger partial charge in [0.2, 0.25) is 23.6 Å². The topological polar surface area (TPSA) is 480 Å². The van der Waals surface area contributed by atoms with Crippen LogP contribution in [-0.4, -0.2) is 283 Å². The van der Waals surface area contributed by atoms with Crippen molar-refractivity contribution in [1.82, 2.24) is 65.1 Å². The Morgan fingerprint density at radius 1 is 0.760 bits per heavy atom. The van der Waals surface area contributed by atoms with Crippen molar-refractivity contribution in [3.8, 4) is 11.3 Å². The van der Waals surface area contributed by atoms with Crippen molar-refractivity contribution in [2.75, 3.05) is 128 Å². The van der Waals surface area contributed by atoms with E-state index in [2.05, 4.69) is 52.5 Å². The van der Waals surface area contributed by atoms with Gasteiger partial charge in [0.1, 0.15) is 47.7 Å². The number of amides is 4. The van der Waals surface area contributed by atoms with Gasteiger partial charge in [0, 0.05) is 160 Å². The Morgan fingerprint density at radius 2 is 1.52 bits per heavy atom. The van der Waals surface area contributed by atoms with Crippen molar-refractivity contribution in [2.45, 2.75) is 225 Å². The fourth-order valence-corrected chi connectivity index (χ4v) is 18.1. The summed E-state index contributed by atoms with van der Waals surface area (Å²) in [6.07, 6.45) is 18.4. The SMILES string of the molecule is CO[C@H]1C[C@@H]2CC[C@@H](C)[C@@](O)(O2)C(=O)C(=O)N2CCCC[C@H]2C(=O)O[C@H]([C@H](C)C[C@@H]2CC[C@@H](O)[C@H](OC)C2)C[C@@H](O)[C@H](C)/C=C(\C)[C@@H](O)[C@@H](OC)/C(=N/OCC(=O)N2CCc3nc(N4CCN(c5ncc(C(=O)NCCOCCOCCC(=O)NCCCCn6nc(-c7ccc8oc(N)nc8c7)c7c(N)ncnc76)cn5)CC4)ncc3C2)[C@H](C)C[C@H](C)/C=C/C=C/C=C/1C. The highest BCUT2D eigenvalue weighted by Crippen LogP contribution is 2.40. The van der Waals surface area contributed by atoms with E-state index in [1.54, 1.807) is 62.9 Å². The molecule has 16 atom stereocenters. The second kappa shape index (κ2) is 46.4. The Labute approximate surface area is 752 Å². The summed E-state index contributed by atoms with van der Waals surface area (Å²) >= 11 is 0. The number of methoxy groups -OCH3 is 3. The minimum atomic E-state index is -2.47. The van der Waals surface area contributed by atoms with Gasteiger partial charge in [-0.3, -0.25) is 24.0 Å². The van der Waals surface area contributed by atoms with E-state index in [0.29, 0.717) is 185 Å². The summed E-state index contributed by atoms with van der Waals surface area (Å²) in [5.74, 6) is -6.89. The van der Waals surface area contributed by atoms with Crippen LogP contribution in [0.5, 0.6) is 0 Å². The van der Waals surface area contributed by atoms with Crippen molar-refractivity contribution in [3.63, 3.8) is 0 Å². The number of ether oxygens (including phenoxy) is 7. The molecular formula is C92H130N18O19. The van der Waals surface area contributed by atoms with Crippen LogP contribution < -0.4 is 31.9 Å². The molecule has 3 saturated heterocycles. The summed E-state index contributed by atoms with van der Waals surface area (Å²) in [6.45, 7) is 17.9. The van der Waals surface area contributed by atoms with E-state index in [1.165, 1.54) is 30.7 Å². The molecule has 5 aliphatic heterocycles. The number of nitrogen functional groups attached to an aromatic ring is 2. The first-order valence-electron chi connectivity index (χ1n) is 45.4. The first-order chi connectivity index (χ1) is 62.1. The van der Waals surface area contributed by atoms with E-state index in [4.69, 9.17) is 68.9 Å². The predicted molar refractivity (Wildman–Crippen MR) is 480 cm³/mol. The zero-order valence-electron chi connectivity index (χ0n) is 75.9. The number of aryl methyl sites for hydroxylation is 1. The molecule has 4 fully saturated rings. The highest BCUT2D eigenvalue weighted by atomic mass is 16.6. The number of cyclic esters (lactones) is 1. The monoisotopic (exact) mass is 1790 g/mol. The number of unbranched alkanes of at least 4 members (excludes halogenated alkanes) is 1. The van der Waals surface area contributed by atoms with Crippen LogP contribution in [0.1, 0.15) is 166 Å². The van der Waals surface area contributed by atoms with Crippen molar-refractivity contribution in [2.24, 2.45) is 40.7 Å². The lowest BCUT2D eigenvalue weighted by Crippen LogP contribution is -2.61. The third kappa shape index (κ3) is 25.5. The van der Waals surface area contributed by atoms with E-state index in [0.717, 1.165) is 22.4 Å². The highest BCUT2D eigenvalue weighted by Gasteiger charge is 2.53. The van der Waals surface area contributed by atoms with Gasteiger partial charge >= 0.3 is 5.97 Å². The summed E-state index contributed by atoms with van der Waals surface area (Å²) in [6, 6.07) is 4.37. The maximum Gasteiger partial charge on any atom is 0.329 e. The summed E-state index contributed by atoms with van der Waals surface area (Å²) < 4.78 is 49.0. The third-order valence-corrected chi connectivity index (χ3v) is 25.8. The molecule has 37 heteroatoms. The van der Waals surface area contributed by atoms with Crippen molar-refractivity contribution in [3.05, 3.63) is 108 Å². The van der Waals surface area contributed by atoms with Crippen LogP contribution in [0.15, 0.2) is 100 Å². The van der Waals surface area contributed by atoms with Crippen LogP contribution in [-0.2, 0) is 81.5 Å². The second-order valence-corrected chi connectivity index (χ2v) is 35.2. The minimum Gasteiger partial charge on any atom is -0.460 e. The number of allylic oxidation sites excluding steroid dienone is 5. The van der Waals surface area contributed by atoms with Gasteiger partial charge in [-0.2, -0.15) is 10.1 Å². The number of ketones is 1. The van der Waals surface area contributed by atoms with Gasteiger partial charge < -0.3 is 105 Å². The summed E-state index contributed by atoms with van der Waals surface area (Å²) in [7, 11) is 4.62. The summed E-state index contributed by atoms with van der Waals surface area (Å²) in [5, 5.41) is 63.5. The van der Waals surface area contributed by atoms with Crippen molar-refractivity contribution in [1.29, 1.82) is 0 Å². The molecule has 0 spiro atoms. The number of hydrogen-bond donors (Lipinski definition) is 8. The number of Topliss-reactive ketones (excluding diaryl/α,β-unsaturated/α-hetero) is 1. The molecule has 0 unspecified atom stereocenters. The van der Waals surface area contributed by atoms with Crippen molar-refractivity contribution >= 4 is 87.0 Å². The summed E-state index contributed by atoms with van der Waals surface area (Å²) in [4.78, 5) is 128. The number of nitrogens with one attached hydrogen (secondary N) is 2. The molecule has 12 rings (SSSR count). The van der Waals surface area contributed by atoms with Crippen LogP contribution in [0, 0.1) is 35.5 Å². The number of oxazole rings is 1. The van der Waals surface area contributed by atoms with Crippen LogP contribution in [0.25, 0.3) is 33.4 Å². The Balaban J connectivity index is 0.601. The molecule has 6 aromatic rings. The van der Waals surface area contributed by atoms with Gasteiger partial charge in [0.15, 0.2) is 17.8 Å². The lowest BCUT2D eigenvalue weighted by atomic mass is 9.78. The van der Waals surface area contributed by atoms with E-state index in [9.17, 15) is 49.2 Å². The van der Waals surface area contributed by atoms with Gasteiger partial charge in [-0.25, -0.2) is 39.4 Å². The standard InChI is InChI=1S/C92H130N18O19/c1-55-18-12-11-13-19-56(2)73(121-8)47-66-24-21-61(7)92(120,129-66)83(116)87(118)109-31-16-14-20-69(109)88(119)127-74(58(4)44-62-22-25-70(111)75(45-62)122-9)48-71(112)57(3)43-60(6)81(115)82(123-10)79(59(5)42-55)105-126-53-77(114)108-33-27-67-65(52-108)51-99-91(103-67)107-36-34-106(35-37-107)90-97-49-64(50-98-90)86(117)96-30-39-125-41-40-124-38-28-76(113)95-29-15-17-32-110-85-78(84(93)100-54-101-85)80(104-110)63-23-26-72-68(46-63)102-89(94)128-72/h11-13,18-19,23,26,43,46,49-51,54-55,57-59,61-62,66,69-71,73-75,81-82,111-112,115,120H,14-17,20-22,24-25,27-42,44-45,47-48,52-53H2,1-10H3,(H2,94,102)(H,95,113)(H,96,117)(H2,93,100,101)/b13-11+,18-12+,56-19+,60-43+,105-79+/t55-,57-,58-,59-,61-,62+,66+,69+,70-,71-,73+,74+,75-,81-,82+,92-/m1/s1. The molecule has 37 nitrogen and oxygen atoms in total. The fraction of sp³-hybridized carbons (Fsp3) is 0.620. The Bertz CT molecular complexity index is 4940. The van der Waals surface area contributed by atoms with Crippen LogP contribution in [0.3, 0.4) is 0 Å². The lowest BCUT2D eigenvalue weighted by molar-refractivity contribution is -0.265. The molecule has 0 radical (unpaired) electrons. The number of fused-ring (bicyclic) bond motifs is 6. The molecule has 1 saturated carbocycles. The maximum atomic E-state index is 14.8. The van der Waals surface area contributed by atoms with Gasteiger partial charge in [-0.1, -0.05) is 76.2 Å². The number of piperazine rings is 1. The Morgan fingerprint density at radius 3 is 2.28 bits per heavy atom. The zero-order chi connectivity index (χ0) is 92.0. The van der Waals surface area contributed by atoms with E-state index < -0.39 is 90.7 Å². The molecule has 10 N–H and O–H groups in total. The molecule has 702 valence electrons. The number of nitrogens with zero attached hydrogens (tertiary/aromatic N) is 14. The van der Waals surface area contributed by atoms with Crippen LogP contribution in [0.2, 0.25) is 0 Å². The number of aromatic nitrogens is 9. The summed E-state index contributed by atoms with van der Waals surface area (Å²) in [5.41, 5.74) is 18.8. The molecule has 129 heavy (non-hydrogen) atoms. The molecular weight excluding hydrogens is 1660 g/mol. The zero-order valence-corrected chi connectivity index (χ0v) is 75.9. The molecule has 1 aromatic carbocycles. The number of rotatable bonds is 27. The second-order valence-electron chi connectivity index (χ2n) is 35.2. The van der Waals surface area contributed by atoms with Gasteiger partial charge in [0.25, 0.3) is 29.5 Å². The first kappa shape index (κ1) is 97.7. The van der Waals surface area contributed by atoms with Crippen LogP contribution >= 0.6 is 0 Å². The minimum absolute atomic E-state index is 0.0374. The number of piperidine rings is 1. The molecule has 5 aromatic heterocycles. The van der Waals surface area contributed by atoms with E-state index >= 15 is 0 Å². The number of benzene rings is 1. The predicted octanol–water partition coefficient (Wildman–Crippen LogP) is 7.13. The molecule has 4 amide bonds. The number of esters is 1. The Kier molecular flexibility index (Phi) is 35.2. The quantitative estimate of drug-likeness (QED) is 0.00835. The van der Waals surface area contributed by atoms with Crippen molar-refractivity contribution < 1.29 is 91.6 Å². The highest BCUT2D eigenvalue weighted by molar-refractivity contribution is 6.39.